The van der Waals surface area contributed by atoms with Gasteiger partial charge in [-0.25, -0.2) is 4.68 Å². The van der Waals surface area contributed by atoms with Crippen molar-refractivity contribution in [3.8, 4) is 5.75 Å². The molecule has 0 aliphatic rings. The topological polar surface area (TPSA) is 96.4 Å². The number of nitrogens with two attached hydrogens (primary N) is 1. The molecule has 1 amide bonds. The number of amides is 1. The van der Waals surface area contributed by atoms with Crippen molar-refractivity contribution in [1.82, 2.24) is 9.78 Å². The summed E-state index contributed by atoms with van der Waals surface area (Å²) in [6, 6.07) is 14.7. The standard InChI is InChI=1S/C20H21N3O4/c1-26-18(19(21)24)12-14-6-8-16(9-7-14)27-11-10-23-20(25)17-5-3-2-4-15(17)13-22-23/h2-9,13,18H,10-12H2,1H3,(H2,21,24). The van der Waals surface area contributed by atoms with Gasteiger partial charge in [0.2, 0.25) is 5.91 Å². The van der Waals surface area contributed by atoms with Gasteiger partial charge in [0.05, 0.1) is 18.1 Å². The van der Waals surface area contributed by atoms with Gasteiger partial charge >= 0.3 is 0 Å². The van der Waals surface area contributed by atoms with Crippen LogP contribution in [0.3, 0.4) is 0 Å². The van der Waals surface area contributed by atoms with Crippen LogP contribution in [0, 0.1) is 0 Å². The zero-order chi connectivity index (χ0) is 19.2. The van der Waals surface area contributed by atoms with Crippen molar-refractivity contribution >= 4 is 16.7 Å². The zero-order valence-corrected chi connectivity index (χ0v) is 15.0. The smallest absolute Gasteiger partial charge is 0.274 e. The Hall–Kier alpha value is -3.19. The van der Waals surface area contributed by atoms with Crippen LogP contribution in [-0.2, 0) is 22.5 Å². The Kier molecular flexibility index (Phi) is 5.83. The third kappa shape index (κ3) is 4.51. The second-order valence-corrected chi connectivity index (χ2v) is 6.08. The molecule has 0 aliphatic heterocycles. The lowest BCUT2D eigenvalue weighted by Gasteiger charge is -2.12. The fourth-order valence-electron chi connectivity index (χ4n) is 2.77. The number of aromatic nitrogens is 2. The summed E-state index contributed by atoms with van der Waals surface area (Å²) in [7, 11) is 1.45. The summed E-state index contributed by atoms with van der Waals surface area (Å²) in [6.07, 6.45) is 1.43. The van der Waals surface area contributed by atoms with Crippen LogP contribution < -0.4 is 16.0 Å². The zero-order valence-electron chi connectivity index (χ0n) is 15.0. The normalized spacial score (nSPS) is 12.0. The Bertz CT molecular complexity index is 982. The predicted molar refractivity (Wildman–Crippen MR) is 102 cm³/mol. The number of carbonyl (C=O) groups is 1. The average molecular weight is 367 g/mol. The average Bonchev–Trinajstić information content (AvgIpc) is 2.69. The molecule has 0 radical (unpaired) electrons. The molecule has 3 aromatic rings. The molecule has 7 heteroatoms. The van der Waals surface area contributed by atoms with Crippen LogP contribution in [-0.4, -0.2) is 35.5 Å². The third-order valence-corrected chi connectivity index (χ3v) is 4.28. The molecule has 0 saturated heterocycles. The number of fused-ring (bicyclic) bond motifs is 1. The number of hydrogen-bond acceptors (Lipinski definition) is 5. The van der Waals surface area contributed by atoms with Gasteiger partial charge in [0.1, 0.15) is 18.5 Å². The van der Waals surface area contributed by atoms with E-state index in [0.29, 0.717) is 30.7 Å². The molecule has 1 aromatic heterocycles. The molecular weight excluding hydrogens is 346 g/mol. The fraction of sp³-hybridized carbons (Fsp3) is 0.250. The van der Waals surface area contributed by atoms with Crippen molar-refractivity contribution in [2.24, 2.45) is 5.73 Å². The largest absolute Gasteiger partial charge is 0.492 e. The lowest BCUT2D eigenvalue weighted by Crippen LogP contribution is -2.32. The van der Waals surface area contributed by atoms with Crippen LogP contribution in [0.1, 0.15) is 5.56 Å². The van der Waals surface area contributed by atoms with Crippen LogP contribution in [0.25, 0.3) is 10.8 Å². The minimum atomic E-state index is -0.650. The van der Waals surface area contributed by atoms with Crippen molar-refractivity contribution in [2.45, 2.75) is 19.1 Å². The molecule has 7 nitrogen and oxygen atoms in total. The maximum absolute atomic E-state index is 12.4. The SMILES string of the molecule is COC(Cc1ccc(OCCn2ncc3ccccc3c2=O)cc1)C(N)=O. The summed E-state index contributed by atoms with van der Waals surface area (Å²) in [6.45, 7) is 0.658. The Morgan fingerprint density at radius 1 is 1.19 bits per heavy atom. The molecule has 0 aliphatic carbocycles. The van der Waals surface area contributed by atoms with Gasteiger partial charge in [-0.3, -0.25) is 9.59 Å². The molecule has 0 saturated carbocycles. The number of primary amides is 1. The van der Waals surface area contributed by atoms with E-state index in [1.54, 1.807) is 24.4 Å². The van der Waals surface area contributed by atoms with Crippen molar-refractivity contribution < 1.29 is 14.3 Å². The summed E-state index contributed by atoms with van der Waals surface area (Å²) >= 11 is 0. The van der Waals surface area contributed by atoms with Gasteiger partial charge in [-0.2, -0.15) is 5.10 Å². The van der Waals surface area contributed by atoms with Crippen molar-refractivity contribution in [2.75, 3.05) is 13.7 Å². The highest BCUT2D eigenvalue weighted by Gasteiger charge is 2.14. The fourth-order valence-corrected chi connectivity index (χ4v) is 2.77. The number of methoxy groups -OCH3 is 1. The number of carbonyl (C=O) groups excluding carboxylic acids is 1. The third-order valence-electron chi connectivity index (χ3n) is 4.28. The van der Waals surface area contributed by atoms with Crippen molar-refractivity contribution in [1.29, 1.82) is 0 Å². The van der Waals surface area contributed by atoms with Crippen molar-refractivity contribution in [3.63, 3.8) is 0 Å². The molecule has 27 heavy (non-hydrogen) atoms. The Morgan fingerprint density at radius 2 is 1.93 bits per heavy atom. The summed E-state index contributed by atoms with van der Waals surface area (Å²) in [4.78, 5) is 23.6. The van der Waals surface area contributed by atoms with Crippen LogP contribution >= 0.6 is 0 Å². The first-order valence-corrected chi connectivity index (χ1v) is 8.57. The first kappa shape index (κ1) is 18.6. The van der Waals surface area contributed by atoms with Gasteiger partial charge in [0, 0.05) is 18.9 Å². The van der Waals surface area contributed by atoms with Gasteiger partial charge < -0.3 is 15.2 Å². The monoisotopic (exact) mass is 367 g/mol. The second kappa shape index (κ2) is 8.46. The highest BCUT2D eigenvalue weighted by molar-refractivity contribution is 5.80. The molecule has 3 rings (SSSR count). The molecule has 2 N–H and O–H groups in total. The van der Waals surface area contributed by atoms with E-state index in [4.69, 9.17) is 15.2 Å². The Labute approximate surface area is 156 Å². The second-order valence-electron chi connectivity index (χ2n) is 6.08. The molecule has 2 aromatic carbocycles. The molecular formula is C20H21N3O4. The minimum Gasteiger partial charge on any atom is -0.492 e. The maximum Gasteiger partial charge on any atom is 0.274 e. The molecule has 1 heterocycles. The van der Waals surface area contributed by atoms with Gasteiger partial charge in [0.25, 0.3) is 5.56 Å². The first-order chi connectivity index (χ1) is 13.1. The summed E-state index contributed by atoms with van der Waals surface area (Å²) in [5.74, 6) is 0.173. The van der Waals surface area contributed by atoms with E-state index in [0.717, 1.165) is 10.9 Å². The molecule has 0 spiro atoms. The Morgan fingerprint density at radius 3 is 2.63 bits per heavy atom. The van der Waals surface area contributed by atoms with E-state index in [9.17, 15) is 9.59 Å². The van der Waals surface area contributed by atoms with Crippen LogP contribution in [0.4, 0.5) is 0 Å². The van der Waals surface area contributed by atoms with E-state index < -0.39 is 12.0 Å². The quantitative estimate of drug-likeness (QED) is 0.651. The van der Waals surface area contributed by atoms with Crippen molar-refractivity contribution in [3.05, 3.63) is 70.6 Å². The Balaban J connectivity index is 1.59. The molecule has 1 atom stereocenters. The van der Waals surface area contributed by atoms with E-state index >= 15 is 0 Å². The maximum atomic E-state index is 12.4. The van der Waals surface area contributed by atoms with Gasteiger partial charge in [-0.15, -0.1) is 0 Å². The lowest BCUT2D eigenvalue weighted by molar-refractivity contribution is -0.127. The summed E-state index contributed by atoms with van der Waals surface area (Å²) < 4.78 is 12.1. The number of rotatable bonds is 8. The number of nitrogens with zero attached hydrogens (tertiary/aromatic N) is 2. The van der Waals surface area contributed by atoms with Crippen LogP contribution in [0.5, 0.6) is 5.75 Å². The number of benzene rings is 2. The molecule has 140 valence electrons. The van der Waals surface area contributed by atoms with Crippen LogP contribution in [0.15, 0.2) is 59.5 Å². The van der Waals surface area contributed by atoms with Gasteiger partial charge in [-0.05, 0) is 23.8 Å². The molecule has 1 unspecified atom stereocenters. The van der Waals surface area contributed by atoms with E-state index in [1.165, 1.54) is 11.8 Å². The number of ether oxygens (including phenoxy) is 2. The van der Waals surface area contributed by atoms with E-state index in [-0.39, 0.29) is 5.56 Å². The van der Waals surface area contributed by atoms with Crippen LogP contribution in [0.2, 0.25) is 0 Å². The predicted octanol–water partition coefficient (Wildman–Crippen LogP) is 1.52. The first-order valence-electron chi connectivity index (χ1n) is 8.57. The highest BCUT2D eigenvalue weighted by atomic mass is 16.5. The van der Waals surface area contributed by atoms with E-state index in [2.05, 4.69) is 5.10 Å². The summed E-state index contributed by atoms with van der Waals surface area (Å²) in [5.41, 5.74) is 6.05. The lowest BCUT2D eigenvalue weighted by atomic mass is 10.1. The molecule has 0 bridgehead atoms. The highest BCUT2D eigenvalue weighted by Crippen LogP contribution is 2.14. The summed E-state index contributed by atoms with van der Waals surface area (Å²) in [5, 5.41) is 5.63. The minimum absolute atomic E-state index is 0.135. The van der Waals surface area contributed by atoms with Gasteiger partial charge in [-0.1, -0.05) is 30.3 Å². The van der Waals surface area contributed by atoms with E-state index in [1.807, 2.05) is 30.3 Å². The molecule has 0 fully saturated rings. The van der Waals surface area contributed by atoms with Gasteiger partial charge in [0.15, 0.2) is 0 Å². The number of hydrogen-bond donors (Lipinski definition) is 1.